The SMILES string of the molecule is COc1ccc(CCOC(=O)Cc2coc3cc(C)c(C)cc23)cc1. The van der Waals surface area contributed by atoms with E-state index in [-0.39, 0.29) is 12.4 Å². The highest BCUT2D eigenvalue weighted by atomic mass is 16.5. The molecular weight excluding hydrogens is 316 g/mol. The third-order valence-electron chi connectivity index (χ3n) is 4.42. The number of aryl methyl sites for hydroxylation is 2. The van der Waals surface area contributed by atoms with Crippen LogP contribution in [-0.2, 0) is 22.4 Å². The molecule has 0 saturated carbocycles. The number of hydrogen-bond acceptors (Lipinski definition) is 4. The van der Waals surface area contributed by atoms with Gasteiger partial charge in [0.1, 0.15) is 11.3 Å². The average Bonchev–Trinajstić information content (AvgIpc) is 2.97. The number of rotatable bonds is 6. The number of fused-ring (bicyclic) bond motifs is 1. The molecule has 1 heterocycles. The van der Waals surface area contributed by atoms with Crippen molar-refractivity contribution >= 4 is 16.9 Å². The second-order valence-corrected chi connectivity index (χ2v) is 6.19. The fourth-order valence-corrected chi connectivity index (χ4v) is 2.75. The van der Waals surface area contributed by atoms with Gasteiger partial charge in [-0.15, -0.1) is 0 Å². The molecule has 0 atom stereocenters. The summed E-state index contributed by atoms with van der Waals surface area (Å²) in [6.45, 7) is 4.46. The van der Waals surface area contributed by atoms with Crippen LogP contribution in [-0.4, -0.2) is 19.7 Å². The smallest absolute Gasteiger partial charge is 0.310 e. The van der Waals surface area contributed by atoms with Gasteiger partial charge in [-0.25, -0.2) is 0 Å². The first-order valence-electron chi connectivity index (χ1n) is 8.32. The van der Waals surface area contributed by atoms with E-state index in [1.807, 2.05) is 37.3 Å². The summed E-state index contributed by atoms with van der Waals surface area (Å²) in [5.74, 6) is 0.576. The van der Waals surface area contributed by atoms with Gasteiger partial charge in [-0.2, -0.15) is 0 Å². The largest absolute Gasteiger partial charge is 0.497 e. The monoisotopic (exact) mass is 338 g/mol. The van der Waals surface area contributed by atoms with E-state index in [0.29, 0.717) is 13.0 Å². The summed E-state index contributed by atoms with van der Waals surface area (Å²) in [6.07, 6.45) is 2.55. The summed E-state index contributed by atoms with van der Waals surface area (Å²) >= 11 is 0. The van der Waals surface area contributed by atoms with Crippen LogP contribution in [0.2, 0.25) is 0 Å². The molecule has 0 radical (unpaired) electrons. The average molecular weight is 338 g/mol. The summed E-state index contributed by atoms with van der Waals surface area (Å²) in [6, 6.07) is 11.8. The van der Waals surface area contributed by atoms with Gasteiger partial charge in [0.25, 0.3) is 0 Å². The molecule has 0 aliphatic heterocycles. The van der Waals surface area contributed by atoms with Crippen LogP contribution < -0.4 is 4.74 Å². The van der Waals surface area contributed by atoms with Crippen LogP contribution in [0.3, 0.4) is 0 Å². The second-order valence-electron chi connectivity index (χ2n) is 6.19. The first kappa shape index (κ1) is 17.1. The van der Waals surface area contributed by atoms with Crippen LogP contribution >= 0.6 is 0 Å². The first-order chi connectivity index (χ1) is 12.1. The zero-order chi connectivity index (χ0) is 17.8. The molecule has 0 N–H and O–H groups in total. The molecule has 4 nitrogen and oxygen atoms in total. The summed E-state index contributed by atoms with van der Waals surface area (Å²) in [5.41, 5.74) is 5.14. The van der Waals surface area contributed by atoms with Crippen LogP contribution in [0.4, 0.5) is 0 Å². The van der Waals surface area contributed by atoms with Crippen LogP contribution in [0.15, 0.2) is 47.1 Å². The number of benzene rings is 2. The predicted octanol–water partition coefficient (Wildman–Crippen LogP) is 4.39. The Morgan fingerprint density at radius 2 is 1.80 bits per heavy atom. The summed E-state index contributed by atoms with van der Waals surface area (Å²) in [5, 5.41) is 0.982. The first-order valence-corrected chi connectivity index (χ1v) is 8.32. The van der Waals surface area contributed by atoms with Gasteiger partial charge in [-0.1, -0.05) is 12.1 Å². The third-order valence-corrected chi connectivity index (χ3v) is 4.42. The molecule has 0 saturated heterocycles. The third kappa shape index (κ3) is 4.02. The van der Waals surface area contributed by atoms with Crippen LogP contribution in [0.25, 0.3) is 11.0 Å². The van der Waals surface area contributed by atoms with E-state index in [9.17, 15) is 4.79 Å². The molecule has 0 aliphatic rings. The van der Waals surface area contributed by atoms with E-state index in [0.717, 1.165) is 27.8 Å². The van der Waals surface area contributed by atoms with Gasteiger partial charge >= 0.3 is 5.97 Å². The van der Waals surface area contributed by atoms with E-state index in [4.69, 9.17) is 13.9 Å². The van der Waals surface area contributed by atoms with E-state index in [2.05, 4.69) is 13.0 Å². The van der Waals surface area contributed by atoms with Crippen LogP contribution in [0.1, 0.15) is 22.3 Å². The molecule has 0 aliphatic carbocycles. The Hall–Kier alpha value is -2.75. The minimum Gasteiger partial charge on any atom is -0.497 e. The van der Waals surface area contributed by atoms with Gasteiger partial charge in [0.05, 0.1) is 26.4 Å². The van der Waals surface area contributed by atoms with Crippen molar-refractivity contribution in [2.45, 2.75) is 26.7 Å². The van der Waals surface area contributed by atoms with Gasteiger partial charge in [0.2, 0.25) is 0 Å². The summed E-state index contributed by atoms with van der Waals surface area (Å²) in [7, 11) is 1.64. The lowest BCUT2D eigenvalue weighted by Gasteiger charge is -2.06. The van der Waals surface area contributed by atoms with Crippen molar-refractivity contribution in [2.24, 2.45) is 0 Å². The second kappa shape index (κ2) is 7.43. The maximum atomic E-state index is 12.1. The standard InChI is InChI=1S/C21H22O4/c1-14-10-19-17(13-25-20(19)11-15(14)2)12-21(22)24-9-8-16-4-6-18(23-3)7-5-16/h4-7,10-11,13H,8-9,12H2,1-3H3. The highest BCUT2D eigenvalue weighted by molar-refractivity contribution is 5.86. The maximum absolute atomic E-state index is 12.1. The molecule has 0 amide bonds. The number of ether oxygens (including phenoxy) is 2. The van der Waals surface area contributed by atoms with Gasteiger partial charge in [-0.3, -0.25) is 4.79 Å². The molecule has 0 fully saturated rings. The fourth-order valence-electron chi connectivity index (χ4n) is 2.75. The molecule has 2 aromatic carbocycles. The van der Waals surface area contributed by atoms with E-state index >= 15 is 0 Å². The minimum atomic E-state index is -0.241. The van der Waals surface area contributed by atoms with Crippen molar-refractivity contribution in [3.05, 3.63) is 64.9 Å². The molecule has 4 heteroatoms. The molecule has 0 spiro atoms. The Kier molecular flexibility index (Phi) is 5.08. The van der Waals surface area contributed by atoms with Crippen molar-refractivity contribution in [1.29, 1.82) is 0 Å². The van der Waals surface area contributed by atoms with Crippen molar-refractivity contribution in [3.63, 3.8) is 0 Å². The normalized spacial score (nSPS) is 10.8. The molecule has 130 valence electrons. The molecule has 0 bridgehead atoms. The van der Waals surface area contributed by atoms with Crippen molar-refractivity contribution < 1.29 is 18.7 Å². The fraction of sp³-hybridized carbons (Fsp3) is 0.286. The Morgan fingerprint density at radius 1 is 1.08 bits per heavy atom. The molecule has 25 heavy (non-hydrogen) atoms. The zero-order valence-electron chi connectivity index (χ0n) is 14.8. The highest BCUT2D eigenvalue weighted by Gasteiger charge is 2.12. The molecule has 0 unspecified atom stereocenters. The quantitative estimate of drug-likeness (QED) is 0.626. The lowest BCUT2D eigenvalue weighted by Crippen LogP contribution is -2.10. The highest BCUT2D eigenvalue weighted by Crippen LogP contribution is 2.25. The van der Waals surface area contributed by atoms with Gasteiger partial charge in [0, 0.05) is 17.4 Å². The van der Waals surface area contributed by atoms with Gasteiger partial charge < -0.3 is 13.9 Å². The van der Waals surface area contributed by atoms with Crippen molar-refractivity contribution in [3.8, 4) is 5.75 Å². The lowest BCUT2D eigenvalue weighted by molar-refractivity contribution is -0.142. The Labute approximate surface area is 147 Å². The lowest BCUT2D eigenvalue weighted by atomic mass is 10.0. The van der Waals surface area contributed by atoms with Crippen molar-refractivity contribution in [1.82, 2.24) is 0 Å². The summed E-state index contributed by atoms with van der Waals surface area (Å²) < 4.78 is 16.1. The molecular formula is C21H22O4. The number of esters is 1. The van der Waals surface area contributed by atoms with Crippen molar-refractivity contribution in [2.75, 3.05) is 13.7 Å². The van der Waals surface area contributed by atoms with E-state index < -0.39 is 0 Å². The Bertz CT molecular complexity index is 875. The van der Waals surface area contributed by atoms with Crippen LogP contribution in [0.5, 0.6) is 5.75 Å². The topological polar surface area (TPSA) is 48.7 Å². The summed E-state index contributed by atoms with van der Waals surface area (Å²) in [4.78, 5) is 12.1. The number of carbonyl (C=O) groups is 1. The maximum Gasteiger partial charge on any atom is 0.310 e. The van der Waals surface area contributed by atoms with Crippen LogP contribution in [0, 0.1) is 13.8 Å². The Morgan fingerprint density at radius 3 is 2.52 bits per heavy atom. The number of furan rings is 1. The van der Waals surface area contributed by atoms with E-state index in [1.165, 1.54) is 11.1 Å². The molecule has 1 aromatic heterocycles. The minimum absolute atomic E-state index is 0.220. The molecule has 3 aromatic rings. The number of methoxy groups -OCH3 is 1. The molecule has 3 rings (SSSR count). The zero-order valence-corrected chi connectivity index (χ0v) is 14.8. The van der Waals surface area contributed by atoms with Gasteiger partial charge in [0.15, 0.2) is 0 Å². The predicted molar refractivity (Wildman–Crippen MR) is 97.0 cm³/mol. The number of carbonyl (C=O) groups excluding carboxylic acids is 1. The van der Waals surface area contributed by atoms with E-state index in [1.54, 1.807) is 13.4 Å². The Balaban J connectivity index is 1.56. The number of hydrogen-bond donors (Lipinski definition) is 0. The van der Waals surface area contributed by atoms with Gasteiger partial charge in [-0.05, 0) is 54.8 Å².